The van der Waals surface area contributed by atoms with E-state index in [0.717, 1.165) is 8.04 Å². The molecule has 2 N–H and O–H groups in total. The molecule has 100 valence electrons. The molecule has 0 radical (unpaired) electrons. The fourth-order valence-corrected chi connectivity index (χ4v) is 2.88. The van der Waals surface area contributed by atoms with Gasteiger partial charge in [0.2, 0.25) is 0 Å². The Morgan fingerprint density at radius 1 is 1.21 bits per heavy atom. The van der Waals surface area contributed by atoms with Gasteiger partial charge in [-0.25, -0.2) is 8.78 Å². The predicted molar refractivity (Wildman–Crippen MR) is 84.0 cm³/mol. The van der Waals surface area contributed by atoms with Gasteiger partial charge in [0.1, 0.15) is 11.6 Å². The Bertz CT molecular complexity index is 631. The Kier molecular flexibility index (Phi) is 4.58. The summed E-state index contributed by atoms with van der Waals surface area (Å²) in [6.07, 6.45) is 0. The Labute approximate surface area is 132 Å². The topological polar surface area (TPSA) is 26.0 Å². The summed E-state index contributed by atoms with van der Waals surface area (Å²) in [7, 11) is 0. The van der Waals surface area contributed by atoms with E-state index in [-0.39, 0.29) is 5.56 Å². The number of aryl methyl sites for hydroxylation is 1. The van der Waals surface area contributed by atoms with Gasteiger partial charge in [-0.1, -0.05) is 22.0 Å². The first-order valence-corrected chi connectivity index (χ1v) is 7.44. The second kappa shape index (κ2) is 5.85. The Morgan fingerprint density at radius 2 is 1.89 bits per heavy atom. The van der Waals surface area contributed by atoms with E-state index in [1.807, 2.05) is 18.2 Å². The van der Waals surface area contributed by atoms with E-state index in [1.165, 1.54) is 12.1 Å². The van der Waals surface area contributed by atoms with E-state index in [2.05, 4.69) is 38.5 Å². The SMILES string of the molecule is Cc1ccc(F)c(C(N)c2cc(I)ccc2Br)c1F. The van der Waals surface area contributed by atoms with Gasteiger partial charge in [0.25, 0.3) is 0 Å². The number of hydrogen-bond donors (Lipinski definition) is 1. The van der Waals surface area contributed by atoms with Gasteiger partial charge < -0.3 is 5.73 Å². The first-order chi connectivity index (χ1) is 8.91. The summed E-state index contributed by atoms with van der Waals surface area (Å²) in [5.41, 5.74) is 6.99. The number of halogens is 4. The van der Waals surface area contributed by atoms with Gasteiger partial charge in [-0.05, 0) is 64.9 Å². The van der Waals surface area contributed by atoms with Crippen LogP contribution in [-0.2, 0) is 0 Å². The Balaban J connectivity index is 2.59. The zero-order valence-electron chi connectivity index (χ0n) is 10.1. The van der Waals surface area contributed by atoms with E-state index >= 15 is 0 Å². The van der Waals surface area contributed by atoms with Crippen LogP contribution in [0.5, 0.6) is 0 Å². The highest BCUT2D eigenvalue weighted by Crippen LogP contribution is 2.31. The monoisotopic (exact) mass is 437 g/mol. The fraction of sp³-hybridized carbons (Fsp3) is 0.143. The zero-order chi connectivity index (χ0) is 14.2. The minimum Gasteiger partial charge on any atom is -0.320 e. The molecule has 0 aliphatic rings. The third-order valence-corrected chi connectivity index (χ3v) is 4.32. The maximum atomic E-state index is 14.1. The highest BCUT2D eigenvalue weighted by atomic mass is 127. The van der Waals surface area contributed by atoms with Gasteiger partial charge >= 0.3 is 0 Å². The molecule has 0 amide bonds. The predicted octanol–water partition coefficient (Wildman–Crippen LogP) is 4.69. The van der Waals surface area contributed by atoms with E-state index in [4.69, 9.17) is 5.73 Å². The third kappa shape index (κ3) is 2.98. The second-order valence-corrected chi connectivity index (χ2v) is 6.34. The lowest BCUT2D eigenvalue weighted by molar-refractivity contribution is 0.538. The van der Waals surface area contributed by atoms with Crippen LogP contribution in [0.15, 0.2) is 34.8 Å². The van der Waals surface area contributed by atoms with E-state index in [9.17, 15) is 8.78 Å². The average Bonchev–Trinajstić information content (AvgIpc) is 2.37. The summed E-state index contributed by atoms with van der Waals surface area (Å²) >= 11 is 5.50. The van der Waals surface area contributed by atoms with Gasteiger partial charge in [-0.3, -0.25) is 0 Å². The molecule has 2 aromatic carbocycles. The average molecular weight is 438 g/mol. The molecule has 19 heavy (non-hydrogen) atoms. The van der Waals surface area contributed by atoms with Gasteiger partial charge in [-0.15, -0.1) is 0 Å². The Hall–Kier alpha value is -0.530. The van der Waals surface area contributed by atoms with Crippen molar-refractivity contribution in [2.75, 3.05) is 0 Å². The molecule has 0 heterocycles. The molecule has 1 nitrogen and oxygen atoms in total. The van der Waals surface area contributed by atoms with E-state index in [1.54, 1.807) is 6.92 Å². The summed E-state index contributed by atoms with van der Waals surface area (Å²) in [5.74, 6) is -1.21. The molecule has 2 aromatic rings. The fourth-order valence-electron chi connectivity index (χ4n) is 1.87. The van der Waals surface area contributed by atoms with Crippen molar-refractivity contribution >= 4 is 38.5 Å². The molecule has 2 rings (SSSR count). The van der Waals surface area contributed by atoms with E-state index < -0.39 is 17.7 Å². The summed E-state index contributed by atoms with van der Waals surface area (Å²) in [5, 5.41) is 0. The number of rotatable bonds is 2. The summed E-state index contributed by atoms with van der Waals surface area (Å²) in [4.78, 5) is 0. The summed E-state index contributed by atoms with van der Waals surface area (Å²) in [6, 6.07) is 7.34. The Morgan fingerprint density at radius 3 is 2.58 bits per heavy atom. The molecule has 0 aromatic heterocycles. The van der Waals surface area contributed by atoms with Gasteiger partial charge in [0, 0.05) is 13.6 Å². The largest absolute Gasteiger partial charge is 0.320 e. The zero-order valence-corrected chi connectivity index (χ0v) is 13.8. The van der Waals surface area contributed by atoms with Crippen LogP contribution >= 0.6 is 38.5 Å². The van der Waals surface area contributed by atoms with Gasteiger partial charge in [0.15, 0.2) is 0 Å². The number of nitrogens with two attached hydrogens (primary N) is 1. The molecule has 5 heteroatoms. The minimum atomic E-state index is -0.844. The van der Waals surface area contributed by atoms with Crippen molar-refractivity contribution in [1.29, 1.82) is 0 Å². The number of hydrogen-bond acceptors (Lipinski definition) is 1. The molecule has 0 spiro atoms. The minimum absolute atomic E-state index is 0.0947. The van der Waals surface area contributed by atoms with Crippen molar-refractivity contribution in [2.45, 2.75) is 13.0 Å². The third-order valence-electron chi connectivity index (χ3n) is 2.92. The van der Waals surface area contributed by atoms with Gasteiger partial charge in [0.05, 0.1) is 6.04 Å². The van der Waals surface area contributed by atoms with Gasteiger partial charge in [-0.2, -0.15) is 0 Å². The first-order valence-electron chi connectivity index (χ1n) is 5.57. The lowest BCUT2D eigenvalue weighted by atomic mass is 9.97. The van der Waals surface area contributed by atoms with Crippen LogP contribution in [0, 0.1) is 22.1 Å². The van der Waals surface area contributed by atoms with Crippen LogP contribution in [0.2, 0.25) is 0 Å². The van der Waals surface area contributed by atoms with Crippen LogP contribution < -0.4 is 5.73 Å². The molecule has 0 aliphatic heterocycles. The van der Waals surface area contributed by atoms with Crippen LogP contribution in [0.25, 0.3) is 0 Å². The lowest BCUT2D eigenvalue weighted by Crippen LogP contribution is -2.17. The lowest BCUT2D eigenvalue weighted by Gasteiger charge is -2.17. The quantitative estimate of drug-likeness (QED) is 0.678. The van der Waals surface area contributed by atoms with Crippen LogP contribution in [0.4, 0.5) is 8.78 Å². The standard InChI is InChI=1S/C14H11BrF2IN/c1-7-2-5-11(16)12(13(7)17)14(19)9-6-8(18)3-4-10(9)15/h2-6,14H,19H2,1H3. The molecule has 0 saturated carbocycles. The normalized spacial score (nSPS) is 12.5. The van der Waals surface area contributed by atoms with Crippen molar-refractivity contribution in [1.82, 2.24) is 0 Å². The van der Waals surface area contributed by atoms with Crippen LogP contribution in [0.1, 0.15) is 22.7 Å². The second-order valence-electron chi connectivity index (χ2n) is 4.24. The van der Waals surface area contributed by atoms with Crippen molar-refractivity contribution < 1.29 is 8.78 Å². The molecule has 0 bridgehead atoms. The van der Waals surface area contributed by atoms with Crippen molar-refractivity contribution in [3.8, 4) is 0 Å². The molecular formula is C14H11BrF2IN. The van der Waals surface area contributed by atoms with Crippen LogP contribution in [0.3, 0.4) is 0 Å². The summed E-state index contributed by atoms with van der Waals surface area (Å²) < 4.78 is 29.7. The highest BCUT2D eigenvalue weighted by molar-refractivity contribution is 14.1. The smallest absolute Gasteiger partial charge is 0.134 e. The van der Waals surface area contributed by atoms with Crippen molar-refractivity contribution in [3.63, 3.8) is 0 Å². The highest BCUT2D eigenvalue weighted by Gasteiger charge is 2.21. The van der Waals surface area contributed by atoms with Crippen molar-refractivity contribution in [3.05, 3.63) is 66.7 Å². The molecular weight excluding hydrogens is 427 g/mol. The molecule has 0 saturated heterocycles. The molecule has 1 unspecified atom stereocenters. The van der Waals surface area contributed by atoms with Crippen LogP contribution in [-0.4, -0.2) is 0 Å². The maximum absolute atomic E-state index is 14.1. The van der Waals surface area contributed by atoms with Crippen molar-refractivity contribution in [2.24, 2.45) is 5.73 Å². The molecule has 1 atom stereocenters. The molecule has 0 fully saturated rings. The summed E-state index contributed by atoms with van der Waals surface area (Å²) in [6.45, 7) is 1.59. The molecule has 0 aliphatic carbocycles. The number of benzene rings is 2. The first kappa shape index (κ1) is 14.9. The van der Waals surface area contributed by atoms with E-state index in [0.29, 0.717) is 11.1 Å². The maximum Gasteiger partial charge on any atom is 0.134 e.